The fourth-order valence-corrected chi connectivity index (χ4v) is 2.93. The molecular formula is C17H24N2O4. The lowest BCUT2D eigenvalue weighted by Gasteiger charge is -2.45. The van der Waals surface area contributed by atoms with E-state index in [9.17, 15) is 9.59 Å². The number of hydrogen-bond donors (Lipinski definition) is 1. The second-order valence-corrected chi connectivity index (χ2v) is 6.09. The van der Waals surface area contributed by atoms with Crippen LogP contribution in [0.3, 0.4) is 0 Å². The molecule has 0 radical (unpaired) electrons. The number of nitrogens with one attached hydrogen (secondary N) is 1. The van der Waals surface area contributed by atoms with Gasteiger partial charge < -0.3 is 14.8 Å². The van der Waals surface area contributed by atoms with Gasteiger partial charge in [0.1, 0.15) is 11.3 Å². The third kappa shape index (κ3) is 3.03. The maximum atomic E-state index is 12.8. The first-order valence-corrected chi connectivity index (χ1v) is 7.61. The molecule has 1 amide bonds. The van der Waals surface area contributed by atoms with Crippen molar-refractivity contribution in [3.8, 4) is 5.75 Å². The maximum Gasteiger partial charge on any atom is 0.340 e. The number of nitrogens with zero attached hydrogens (tertiary/aromatic N) is 1. The van der Waals surface area contributed by atoms with Crippen molar-refractivity contribution in [1.82, 2.24) is 4.90 Å². The van der Waals surface area contributed by atoms with Gasteiger partial charge in [0.15, 0.2) is 0 Å². The van der Waals surface area contributed by atoms with Crippen LogP contribution in [0.5, 0.6) is 5.75 Å². The van der Waals surface area contributed by atoms with Gasteiger partial charge in [-0.15, -0.1) is 0 Å². The number of carbonyl (C=O) groups excluding carboxylic acids is 2. The highest BCUT2D eigenvalue weighted by Gasteiger charge is 2.46. The van der Waals surface area contributed by atoms with E-state index in [1.807, 2.05) is 25.9 Å². The molecule has 0 aliphatic heterocycles. The van der Waals surface area contributed by atoms with Crippen LogP contribution >= 0.6 is 0 Å². The molecule has 0 unspecified atom stereocenters. The Labute approximate surface area is 136 Å². The third-order valence-electron chi connectivity index (χ3n) is 4.65. The molecule has 1 saturated carbocycles. The first-order valence-electron chi connectivity index (χ1n) is 7.61. The average molecular weight is 320 g/mol. The molecule has 1 aromatic rings. The van der Waals surface area contributed by atoms with Gasteiger partial charge in [-0.1, -0.05) is 0 Å². The fraction of sp³-hybridized carbons (Fsp3) is 0.529. The predicted octanol–water partition coefficient (Wildman–Crippen LogP) is 2.21. The smallest absolute Gasteiger partial charge is 0.340 e. The highest BCUT2D eigenvalue weighted by atomic mass is 16.5. The second-order valence-electron chi connectivity index (χ2n) is 6.09. The largest absolute Gasteiger partial charge is 0.497 e. The summed E-state index contributed by atoms with van der Waals surface area (Å²) in [6.07, 6.45) is 2.65. The quantitative estimate of drug-likeness (QED) is 0.843. The number of likely N-dealkylation sites (N-methyl/N-ethyl adjacent to an activating group) is 1. The van der Waals surface area contributed by atoms with Gasteiger partial charge in [0.25, 0.3) is 0 Å². The van der Waals surface area contributed by atoms with E-state index in [0.29, 0.717) is 17.0 Å². The standard InChI is InChI=1S/C17H24N2O4/c1-11-9-12(22-4)10-13(15(20)23-5)14(11)18-16(21)17(19(2)3)7-6-8-17/h9-10H,6-8H2,1-5H3,(H,18,21). The first-order chi connectivity index (χ1) is 10.9. The molecule has 6 heteroatoms. The minimum atomic E-state index is -0.505. The average Bonchev–Trinajstić information content (AvgIpc) is 2.46. The van der Waals surface area contributed by atoms with E-state index in [1.54, 1.807) is 12.1 Å². The van der Waals surface area contributed by atoms with E-state index in [4.69, 9.17) is 9.47 Å². The van der Waals surface area contributed by atoms with Crippen LogP contribution in [0, 0.1) is 6.92 Å². The molecule has 0 heterocycles. The lowest BCUT2D eigenvalue weighted by atomic mass is 9.75. The Bertz CT molecular complexity index is 621. The predicted molar refractivity (Wildman–Crippen MR) is 88.0 cm³/mol. The topological polar surface area (TPSA) is 67.9 Å². The minimum Gasteiger partial charge on any atom is -0.497 e. The van der Waals surface area contributed by atoms with Crippen LogP contribution in [-0.2, 0) is 9.53 Å². The number of anilines is 1. The molecule has 1 fully saturated rings. The van der Waals surface area contributed by atoms with E-state index in [2.05, 4.69) is 5.32 Å². The number of esters is 1. The highest BCUT2D eigenvalue weighted by Crippen LogP contribution is 2.38. The van der Waals surface area contributed by atoms with Gasteiger partial charge in [0, 0.05) is 0 Å². The van der Waals surface area contributed by atoms with Crippen molar-refractivity contribution >= 4 is 17.6 Å². The van der Waals surface area contributed by atoms with E-state index < -0.39 is 11.5 Å². The summed E-state index contributed by atoms with van der Waals surface area (Å²) in [5, 5.41) is 2.93. The molecule has 1 N–H and O–H groups in total. The van der Waals surface area contributed by atoms with Gasteiger partial charge in [-0.25, -0.2) is 4.79 Å². The zero-order chi connectivity index (χ0) is 17.2. The Kier molecular flexibility index (Phi) is 4.94. The van der Waals surface area contributed by atoms with Crippen LogP contribution in [0.4, 0.5) is 5.69 Å². The number of amides is 1. The molecule has 1 aromatic carbocycles. The van der Waals surface area contributed by atoms with Crippen LogP contribution in [-0.4, -0.2) is 50.6 Å². The fourth-order valence-electron chi connectivity index (χ4n) is 2.93. The molecule has 0 aromatic heterocycles. The summed E-state index contributed by atoms with van der Waals surface area (Å²) in [6, 6.07) is 3.36. The number of benzene rings is 1. The van der Waals surface area contributed by atoms with Crippen LogP contribution in [0.25, 0.3) is 0 Å². The summed E-state index contributed by atoms with van der Waals surface area (Å²) in [5.74, 6) is -0.0474. The summed E-state index contributed by atoms with van der Waals surface area (Å²) in [5.41, 5.74) is 1.03. The normalized spacial score (nSPS) is 15.7. The lowest BCUT2D eigenvalue weighted by Crippen LogP contribution is -2.58. The van der Waals surface area contributed by atoms with Crippen molar-refractivity contribution in [2.45, 2.75) is 31.7 Å². The van der Waals surface area contributed by atoms with Gasteiger partial charge in [-0.2, -0.15) is 0 Å². The molecule has 6 nitrogen and oxygen atoms in total. The highest BCUT2D eigenvalue weighted by molar-refractivity contribution is 6.05. The summed E-state index contributed by atoms with van der Waals surface area (Å²) in [6.45, 7) is 1.83. The van der Waals surface area contributed by atoms with Crippen LogP contribution in [0.15, 0.2) is 12.1 Å². The molecule has 1 aliphatic carbocycles. The van der Waals surface area contributed by atoms with Gasteiger partial charge >= 0.3 is 5.97 Å². The molecule has 2 rings (SSSR count). The molecule has 23 heavy (non-hydrogen) atoms. The van der Waals surface area contributed by atoms with Crippen LogP contribution in [0.2, 0.25) is 0 Å². The van der Waals surface area contributed by atoms with Crippen molar-refractivity contribution < 1.29 is 19.1 Å². The third-order valence-corrected chi connectivity index (χ3v) is 4.65. The zero-order valence-electron chi connectivity index (χ0n) is 14.4. The summed E-state index contributed by atoms with van der Waals surface area (Å²) >= 11 is 0. The Morgan fingerprint density at radius 3 is 2.30 bits per heavy atom. The Morgan fingerprint density at radius 1 is 1.22 bits per heavy atom. The monoisotopic (exact) mass is 320 g/mol. The van der Waals surface area contributed by atoms with Crippen LogP contribution in [0.1, 0.15) is 35.2 Å². The summed E-state index contributed by atoms with van der Waals surface area (Å²) < 4.78 is 10.0. The maximum absolute atomic E-state index is 12.8. The number of aryl methyl sites for hydroxylation is 1. The molecule has 126 valence electrons. The Hall–Kier alpha value is -2.08. The first kappa shape index (κ1) is 17.3. The lowest BCUT2D eigenvalue weighted by molar-refractivity contribution is -0.131. The second kappa shape index (κ2) is 6.58. The number of rotatable bonds is 5. The van der Waals surface area contributed by atoms with Gasteiger partial charge in [-0.05, 0) is 58.0 Å². The van der Waals surface area contributed by atoms with E-state index in [1.165, 1.54) is 14.2 Å². The SMILES string of the molecule is COC(=O)c1cc(OC)cc(C)c1NC(=O)C1(N(C)C)CCC1. The Balaban J connectivity index is 2.39. The Morgan fingerprint density at radius 2 is 1.87 bits per heavy atom. The molecule has 0 spiro atoms. The van der Waals surface area contributed by atoms with E-state index in [0.717, 1.165) is 24.8 Å². The van der Waals surface area contributed by atoms with Crippen molar-refractivity contribution in [3.63, 3.8) is 0 Å². The van der Waals surface area contributed by atoms with Crippen molar-refractivity contribution in [2.24, 2.45) is 0 Å². The number of carbonyl (C=O) groups is 2. The van der Waals surface area contributed by atoms with Gasteiger partial charge in [-0.3, -0.25) is 9.69 Å². The number of hydrogen-bond acceptors (Lipinski definition) is 5. The van der Waals surface area contributed by atoms with Gasteiger partial charge in [0.05, 0.1) is 25.5 Å². The summed E-state index contributed by atoms with van der Waals surface area (Å²) in [7, 11) is 6.65. The van der Waals surface area contributed by atoms with Crippen molar-refractivity contribution in [1.29, 1.82) is 0 Å². The number of ether oxygens (including phenoxy) is 2. The molecule has 0 atom stereocenters. The summed E-state index contributed by atoms with van der Waals surface area (Å²) in [4.78, 5) is 26.8. The van der Waals surface area contributed by atoms with E-state index in [-0.39, 0.29) is 5.91 Å². The molecule has 0 saturated heterocycles. The molecule has 1 aliphatic rings. The molecule has 0 bridgehead atoms. The zero-order valence-corrected chi connectivity index (χ0v) is 14.4. The minimum absolute atomic E-state index is 0.0906. The number of methoxy groups -OCH3 is 2. The van der Waals surface area contributed by atoms with Gasteiger partial charge in [0.2, 0.25) is 5.91 Å². The van der Waals surface area contributed by atoms with Crippen molar-refractivity contribution in [3.05, 3.63) is 23.3 Å². The molecular weight excluding hydrogens is 296 g/mol. The van der Waals surface area contributed by atoms with Crippen LogP contribution < -0.4 is 10.1 Å². The van der Waals surface area contributed by atoms with E-state index >= 15 is 0 Å². The van der Waals surface area contributed by atoms with Crippen molar-refractivity contribution in [2.75, 3.05) is 33.6 Å².